The van der Waals surface area contributed by atoms with Crippen LogP contribution in [0.5, 0.6) is 0 Å². The van der Waals surface area contributed by atoms with Crippen LogP contribution in [0.1, 0.15) is 104 Å². The number of rotatable bonds is 16. The van der Waals surface area contributed by atoms with E-state index in [2.05, 4.69) is 6.92 Å². The molecule has 0 saturated carbocycles. The van der Waals surface area contributed by atoms with Crippen molar-refractivity contribution >= 4 is 5.97 Å². The second-order valence-corrected chi connectivity index (χ2v) is 6.52. The molecule has 2 N–H and O–H groups in total. The molecule has 0 aromatic rings. The zero-order valence-electron chi connectivity index (χ0n) is 15.1. The molecule has 3 heteroatoms. The summed E-state index contributed by atoms with van der Waals surface area (Å²) in [7, 11) is 0. The van der Waals surface area contributed by atoms with Gasteiger partial charge in [0.05, 0.1) is 6.10 Å². The first kappa shape index (κ1) is 21.4. The fourth-order valence-electron chi connectivity index (χ4n) is 2.68. The number of unbranched alkanes of at least 4 members (excludes halogenated alkanes) is 10. The molecule has 0 aliphatic carbocycles. The predicted molar refractivity (Wildman–Crippen MR) is 94.9 cm³/mol. The highest BCUT2D eigenvalue weighted by Crippen LogP contribution is 2.12. The standard InChI is InChI=1S/C19H39NO2/c1-3-4-5-6-7-9-12-15-18(2)22-19(21)16-13-10-8-11-14-17-20/h18H,3-17,20H2,1-2H3. The Labute approximate surface area is 138 Å². The van der Waals surface area contributed by atoms with Crippen molar-refractivity contribution < 1.29 is 9.53 Å². The Balaban J connectivity index is 3.34. The van der Waals surface area contributed by atoms with Crippen LogP contribution >= 0.6 is 0 Å². The molecule has 0 radical (unpaired) electrons. The average molecular weight is 314 g/mol. The fraction of sp³-hybridized carbons (Fsp3) is 0.947. The smallest absolute Gasteiger partial charge is 0.306 e. The highest BCUT2D eigenvalue weighted by Gasteiger charge is 2.08. The van der Waals surface area contributed by atoms with E-state index >= 15 is 0 Å². The molecule has 0 saturated heterocycles. The van der Waals surface area contributed by atoms with E-state index in [0.29, 0.717) is 6.42 Å². The molecule has 0 spiro atoms. The van der Waals surface area contributed by atoms with Gasteiger partial charge in [0.2, 0.25) is 0 Å². The van der Waals surface area contributed by atoms with E-state index in [-0.39, 0.29) is 12.1 Å². The molecule has 0 aromatic carbocycles. The molecule has 3 nitrogen and oxygen atoms in total. The molecule has 1 unspecified atom stereocenters. The Bertz CT molecular complexity index is 244. The average Bonchev–Trinajstić information content (AvgIpc) is 2.50. The van der Waals surface area contributed by atoms with Gasteiger partial charge in [-0.2, -0.15) is 0 Å². The van der Waals surface area contributed by atoms with E-state index in [0.717, 1.165) is 32.2 Å². The summed E-state index contributed by atoms with van der Waals surface area (Å²) in [6.07, 6.45) is 16.3. The van der Waals surface area contributed by atoms with Gasteiger partial charge in [-0.3, -0.25) is 4.79 Å². The summed E-state index contributed by atoms with van der Waals surface area (Å²) in [5.41, 5.74) is 5.45. The van der Waals surface area contributed by atoms with Crippen molar-refractivity contribution in [3.63, 3.8) is 0 Å². The van der Waals surface area contributed by atoms with Gasteiger partial charge in [0.25, 0.3) is 0 Å². The van der Waals surface area contributed by atoms with Crippen molar-refractivity contribution in [3.05, 3.63) is 0 Å². The van der Waals surface area contributed by atoms with Crippen molar-refractivity contribution in [1.82, 2.24) is 0 Å². The number of hydrogen-bond donors (Lipinski definition) is 1. The summed E-state index contributed by atoms with van der Waals surface area (Å²) in [4.78, 5) is 11.7. The maximum atomic E-state index is 11.7. The van der Waals surface area contributed by atoms with Crippen LogP contribution in [-0.4, -0.2) is 18.6 Å². The van der Waals surface area contributed by atoms with E-state index in [4.69, 9.17) is 10.5 Å². The minimum Gasteiger partial charge on any atom is -0.463 e. The van der Waals surface area contributed by atoms with Gasteiger partial charge in [0, 0.05) is 6.42 Å². The van der Waals surface area contributed by atoms with E-state index < -0.39 is 0 Å². The summed E-state index contributed by atoms with van der Waals surface area (Å²) in [5, 5.41) is 0. The quantitative estimate of drug-likeness (QED) is 0.308. The molecule has 0 amide bonds. The van der Waals surface area contributed by atoms with E-state index in [1.807, 2.05) is 6.92 Å². The number of hydrogen-bond acceptors (Lipinski definition) is 3. The first-order valence-corrected chi connectivity index (χ1v) is 9.60. The molecule has 1 atom stereocenters. The Morgan fingerprint density at radius 2 is 1.41 bits per heavy atom. The van der Waals surface area contributed by atoms with Crippen LogP contribution in [0.3, 0.4) is 0 Å². The third-order valence-corrected chi connectivity index (χ3v) is 4.13. The molecule has 132 valence electrons. The fourth-order valence-corrected chi connectivity index (χ4v) is 2.68. The van der Waals surface area contributed by atoms with Gasteiger partial charge in [-0.1, -0.05) is 64.7 Å². The van der Waals surface area contributed by atoms with E-state index in [9.17, 15) is 4.79 Å². The molecule has 0 rings (SSSR count). The third kappa shape index (κ3) is 15.8. The summed E-state index contributed by atoms with van der Waals surface area (Å²) in [6, 6.07) is 0. The number of esters is 1. The normalized spacial score (nSPS) is 12.3. The molecular weight excluding hydrogens is 274 g/mol. The molecule has 22 heavy (non-hydrogen) atoms. The molecule has 0 aliphatic rings. The third-order valence-electron chi connectivity index (χ3n) is 4.13. The zero-order chi connectivity index (χ0) is 16.5. The van der Waals surface area contributed by atoms with E-state index in [1.54, 1.807) is 0 Å². The topological polar surface area (TPSA) is 52.3 Å². The van der Waals surface area contributed by atoms with Gasteiger partial charge in [-0.05, 0) is 39.2 Å². The molecule has 0 bridgehead atoms. The Hall–Kier alpha value is -0.570. The van der Waals surface area contributed by atoms with Crippen molar-refractivity contribution in [3.8, 4) is 0 Å². The van der Waals surface area contributed by atoms with Crippen molar-refractivity contribution in [2.45, 2.75) is 110 Å². The lowest BCUT2D eigenvalue weighted by molar-refractivity contribution is -0.148. The van der Waals surface area contributed by atoms with Crippen LogP contribution in [0, 0.1) is 0 Å². The Morgan fingerprint density at radius 3 is 2.05 bits per heavy atom. The Kier molecular flexibility index (Phi) is 16.4. The SMILES string of the molecule is CCCCCCCCCC(C)OC(=O)CCCCCCCN. The van der Waals surface area contributed by atoms with Crippen LogP contribution in [0.2, 0.25) is 0 Å². The molecule has 0 heterocycles. The predicted octanol–water partition coefficient (Wildman–Crippen LogP) is 5.36. The minimum atomic E-state index is -0.0192. The lowest BCUT2D eigenvalue weighted by atomic mass is 10.1. The number of ether oxygens (including phenoxy) is 1. The van der Waals surface area contributed by atoms with Gasteiger partial charge in [0.1, 0.15) is 0 Å². The number of carbonyl (C=O) groups excluding carboxylic acids is 1. The highest BCUT2D eigenvalue weighted by molar-refractivity contribution is 5.69. The molecular formula is C19H39NO2. The van der Waals surface area contributed by atoms with Crippen LogP contribution in [0.15, 0.2) is 0 Å². The molecule has 0 aliphatic heterocycles. The van der Waals surface area contributed by atoms with Crippen molar-refractivity contribution in [2.24, 2.45) is 5.73 Å². The summed E-state index contributed by atoms with van der Waals surface area (Å²) in [5.74, 6) is -0.0192. The largest absolute Gasteiger partial charge is 0.463 e. The van der Waals surface area contributed by atoms with Crippen LogP contribution < -0.4 is 5.73 Å². The van der Waals surface area contributed by atoms with E-state index in [1.165, 1.54) is 57.8 Å². The van der Waals surface area contributed by atoms with Crippen LogP contribution in [0.25, 0.3) is 0 Å². The second-order valence-electron chi connectivity index (χ2n) is 6.52. The van der Waals surface area contributed by atoms with Gasteiger partial charge in [-0.25, -0.2) is 0 Å². The lowest BCUT2D eigenvalue weighted by Crippen LogP contribution is -2.14. The van der Waals surface area contributed by atoms with Gasteiger partial charge in [0.15, 0.2) is 0 Å². The number of carbonyl (C=O) groups is 1. The second kappa shape index (κ2) is 16.8. The summed E-state index contributed by atoms with van der Waals surface area (Å²) in [6.45, 7) is 5.05. The summed E-state index contributed by atoms with van der Waals surface area (Å²) >= 11 is 0. The molecule has 0 aromatic heterocycles. The van der Waals surface area contributed by atoms with Crippen molar-refractivity contribution in [2.75, 3.05) is 6.54 Å². The minimum absolute atomic E-state index is 0.0192. The maximum Gasteiger partial charge on any atom is 0.306 e. The van der Waals surface area contributed by atoms with Crippen molar-refractivity contribution in [1.29, 1.82) is 0 Å². The highest BCUT2D eigenvalue weighted by atomic mass is 16.5. The van der Waals surface area contributed by atoms with Crippen LogP contribution in [0.4, 0.5) is 0 Å². The first-order valence-electron chi connectivity index (χ1n) is 9.60. The van der Waals surface area contributed by atoms with Gasteiger partial charge >= 0.3 is 5.97 Å². The maximum absolute atomic E-state index is 11.7. The summed E-state index contributed by atoms with van der Waals surface area (Å²) < 4.78 is 5.46. The zero-order valence-corrected chi connectivity index (χ0v) is 15.1. The Morgan fingerprint density at radius 1 is 0.864 bits per heavy atom. The molecule has 0 fully saturated rings. The monoisotopic (exact) mass is 313 g/mol. The van der Waals surface area contributed by atoms with Gasteiger partial charge < -0.3 is 10.5 Å². The van der Waals surface area contributed by atoms with Gasteiger partial charge in [-0.15, -0.1) is 0 Å². The lowest BCUT2D eigenvalue weighted by Gasteiger charge is -2.13. The first-order chi connectivity index (χ1) is 10.7. The van der Waals surface area contributed by atoms with Crippen LogP contribution in [-0.2, 0) is 9.53 Å². The number of nitrogens with two attached hydrogens (primary N) is 1.